The maximum absolute atomic E-state index is 13.8. The van der Waals surface area contributed by atoms with Gasteiger partial charge in [-0.1, -0.05) is 84.1 Å². The highest BCUT2D eigenvalue weighted by Gasteiger charge is 2.39. The number of phenols is 1. The predicted molar refractivity (Wildman–Crippen MR) is 191 cm³/mol. The van der Waals surface area contributed by atoms with E-state index in [1.807, 2.05) is 67.6 Å². The Morgan fingerprint density at radius 3 is 2.31 bits per heavy atom. The van der Waals surface area contributed by atoms with Gasteiger partial charge in [-0.05, 0) is 73.2 Å². The van der Waals surface area contributed by atoms with E-state index in [0.717, 1.165) is 16.7 Å². The quantitative estimate of drug-likeness (QED) is 0.176. The standard InChI is InChI=1S/C39H30N4O5S/c1-24-11-13-25(14-12-24)35-40-32-9-5-4-8-31(32)37(46)42(35)29-19-15-26(16-20-29)36(45)41-43-38(47)34(23-28-7-3-6-10-33(28)48-2)49-39(43)27-17-21-30(44)22-18-27/h3-23,39,44H,1-2H3,(H,41,45)/b34-23-. The summed E-state index contributed by atoms with van der Waals surface area (Å²) in [5, 5.41) is 11.0. The third-order valence-corrected chi connectivity index (χ3v) is 9.45. The van der Waals surface area contributed by atoms with Crippen molar-refractivity contribution in [3.8, 4) is 28.6 Å². The Labute approximate surface area is 286 Å². The molecule has 1 aromatic heterocycles. The zero-order valence-electron chi connectivity index (χ0n) is 26.5. The van der Waals surface area contributed by atoms with Crippen LogP contribution in [0, 0.1) is 6.92 Å². The van der Waals surface area contributed by atoms with Crippen LogP contribution in [0.3, 0.4) is 0 Å². The van der Waals surface area contributed by atoms with Gasteiger partial charge in [-0.15, -0.1) is 0 Å². The lowest BCUT2D eigenvalue weighted by molar-refractivity contribution is -0.128. The number of carbonyl (C=O) groups is 2. The van der Waals surface area contributed by atoms with Crippen molar-refractivity contribution in [1.82, 2.24) is 20.0 Å². The molecule has 1 saturated heterocycles. The van der Waals surface area contributed by atoms with Crippen molar-refractivity contribution < 1.29 is 19.4 Å². The van der Waals surface area contributed by atoms with Crippen LogP contribution in [-0.4, -0.2) is 38.6 Å². The molecule has 10 heteroatoms. The van der Waals surface area contributed by atoms with E-state index in [4.69, 9.17) is 9.72 Å². The zero-order valence-corrected chi connectivity index (χ0v) is 27.3. The highest BCUT2D eigenvalue weighted by molar-refractivity contribution is 8.04. The number of rotatable bonds is 7. The van der Waals surface area contributed by atoms with Gasteiger partial charge in [0.2, 0.25) is 0 Å². The van der Waals surface area contributed by atoms with Crippen molar-refractivity contribution in [2.45, 2.75) is 12.3 Å². The summed E-state index contributed by atoms with van der Waals surface area (Å²) in [6.07, 6.45) is 1.74. The fourth-order valence-corrected chi connectivity index (χ4v) is 6.82. The first-order valence-electron chi connectivity index (χ1n) is 15.4. The number of phenolic OH excluding ortho intramolecular Hbond substituents is 1. The van der Waals surface area contributed by atoms with Crippen molar-refractivity contribution in [2.24, 2.45) is 0 Å². The topological polar surface area (TPSA) is 114 Å². The van der Waals surface area contributed by atoms with Crippen molar-refractivity contribution in [1.29, 1.82) is 0 Å². The molecule has 2 heterocycles. The number of hydrazine groups is 1. The summed E-state index contributed by atoms with van der Waals surface area (Å²) in [4.78, 5) is 46.6. The van der Waals surface area contributed by atoms with Gasteiger partial charge in [-0.25, -0.2) is 9.99 Å². The van der Waals surface area contributed by atoms with E-state index in [1.165, 1.54) is 28.9 Å². The van der Waals surface area contributed by atoms with Gasteiger partial charge in [0.15, 0.2) is 0 Å². The van der Waals surface area contributed by atoms with Crippen molar-refractivity contribution in [2.75, 3.05) is 7.11 Å². The molecule has 1 aliphatic heterocycles. The van der Waals surface area contributed by atoms with E-state index in [1.54, 1.807) is 66.3 Å². The minimum absolute atomic E-state index is 0.0878. The Morgan fingerprint density at radius 1 is 0.878 bits per heavy atom. The second-order valence-electron chi connectivity index (χ2n) is 11.4. The third kappa shape index (κ3) is 6.17. The van der Waals surface area contributed by atoms with Gasteiger partial charge in [-0.3, -0.25) is 24.4 Å². The Kier molecular flexibility index (Phi) is 8.46. The molecule has 0 aliphatic carbocycles. The summed E-state index contributed by atoms with van der Waals surface area (Å²) in [6, 6.07) is 35.4. The number of amides is 2. The van der Waals surface area contributed by atoms with E-state index in [2.05, 4.69) is 5.43 Å². The molecule has 242 valence electrons. The monoisotopic (exact) mass is 666 g/mol. The third-order valence-electron chi connectivity index (χ3n) is 8.20. The molecule has 0 radical (unpaired) electrons. The Morgan fingerprint density at radius 2 is 1.57 bits per heavy atom. The van der Waals surface area contributed by atoms with Gasteiger partial charge < -0.3 is 9.84 Å². The first kappa shape index (κ1) is 31.5. The van der Waals surface area contributed by atoms with Crippen LogP contribution >= 0.6 is 11.8 Å². The van der Waals surface area contributed by atoms with Crippen LogP contribution in [0.1, 0.15) is 32.4 Å². The average molecular weight is 667 g/mol. The van der Waals surface area contributed by atoms with E-state index in [0.29, 0.717) is 38.6 Å². The number of nitrogens with one attached hydrogen (secondary N) is 1. The fourth-order valence-electron chi connectivity index (χ4n) is 5.64. The molecular weight excluding hydrogens is 637 g/mol. The largest absolute Gasteiger partial charge is 0.508 e. The van der Waals surface area contributed by atoms with Crippen molar-refractivity contribution in [3.05, 3.63) is 159 Å². The number of benzene rings is 5. The molecule has 1 unspecified atom stereocenters. The molecule has 0 bridgehead atoms. The lowest BCUT2D eigenvalue weighted by atomic mass is 10.1. The molecule has 7 rings (SSSR count). The molecule has 2 N–H and O–H groups in total. The van der Waals surface area contributed by atoms with Crippen LogP contribution in [-0.2, 0) is 4.79 Å². The summed E-state index contributed by atoms with van der Waals surface area (Å²) in [5.41, 5.74) is 7.26. The molecule has 0 spiro atoms. The number of carbonyl (C=O) groups excluding carboxylic acids is 2. The summed E-state index contributed by atoms with van der Waals surface area (Å²) in [5.74, 6) is 0.274. The zero-order chi connectivity index (χ0) is 34.1. The number of hydrogen-bond donors (Lipinski definition) is 2. The molecule has 49 heavy (non-hydrogen) atoms. The summed E-state index contributed by atoms with van der Waals surface area (Å²) in [6.45, 7) is 1.99. The van der Waals surface area contributed by atoms with E-state index >= 15 is 0 Å². The number of aryl methyl sites for hydroxylation is 1. The number of para-hydroxylation sites is 2. The predicted octanol–water partition coefficient (Wildman–Crippen LogP) is 7.04. The first-order valence-corrected chi connectivity index (χ1v) is 16.3. The SMILES string of the molecule is COc1ccccc1/C=C1\SC(c2ccc(O)cc2)N(NC(=O)c2ccc(-n3c(-c4ccc(C)cc4)nc4ccccc4c3=O)cc2)C1=O. The van der Waals surface area contributed by atoms with Crippen LogP contribution in [0.25, 0.3) is 34.1 Å². The van der Waals surface area contributed by atoms with Crippen molar-refractivity contribution in [3.63, 3.8) is 0 Å². The molecule has 5 aromatic carbocycles. The number of aromatic nitrogens is 2. The first-order chi connectivity index (χ1) is 23.8. The number of ether oxygens (including phenoxy) is 1. The van der Waals surface area contributed by atoms with Crippen LogP contribution in [0.4, 0.5) is 0 Å². The van der Waals surface area contributed by atoms with Gasteiger partial charge in [0.25, 0.3) is 17.4 Å². The number of aromatic hydroxyl groups is 1. The Hall–Kier alpha value is -6.13. The number of fused-ring (bicyclic) bond motifs is 1. The molecule has 2 amide bonds. The normalized spacial score (nSPS) is 15.1. The fraction of sp³-hybridized carbons (Fsp3) is 0.0769. The van der Waals surface area contributed by atoms with E-state index in [-0.39, 0.29) is 16.9 Å². The van der Waals surface area contributed by atoms with E-state index < -0.39 is 17.2 Å². The lowest BCUT2D eigenvalue weighted by Gasteiger charge is -2.24. The molecule has 1 aliphatic rings. The summed E-state index contributed by atoms with van der Waals surface area (Å²) >= 11 is 1.28. The second-order valence-corrected chi connectivity index (χ2v) is 12.6. The van der Waals surface area contributed by atoms with Crippen LogP contribution < -0.4 is 15.7 Å². The van der Waals surface area contributed by atoms with Crippen LogP contribution in [0.5, 0.6) is 11.5 Å². The van der Waals surface area contributed by atoms with Crippen molar-refractivity contribution >= 4 is 40.6 Å². The van der Waals surface area contributed by atoms with Crippen LogP contribution in [0.2, 0.25) is 0 Å². The minimum atomic E-state index is -0.600. The maximum atomic E-state index is 13.8. The van der Waals surface area contributed by atoms with Gasteiger partial charge in [-0.2, -0.15) is 0 Å². The smallest absolute Gasteiger partial charge is 0.280 e. The Balaban J connectivity index is 1.22. The highest BCUT2D eigenvalue weighted by atomic mass is 32.2. The molecule has 1 fully saturated rings. The lowest BCUT2D eigenvalue weighted by Crippen LogP contribution is -2.44. The highest BCUT2D eigenvalue weighted by Crippen LogP contribution is 2.46. The molecular formula is C39H30N4O5S. The van der Waals surface area contributed by atoms with Gasteiger partial charge in [0.1, 0.15) is 22.7 Å². The number of methoxy groups -OCH3 is 1. The molecule has 0 saturated carbocycles. The number of thioether (sulfide) groups is 1. The average Bonchev–Trinajstić information content (AvgIpc) is 3.42. The summed E-state index contributed by atoms with van der Waals surface area (Å²) in [7, 11) is 1.56. The molecule has 6 aromatic rings. The molecule has 9 nitrogen and oxygen atoms in total. The Bertz CT molecular complexity index is 2300. The number of hydrogen-bond acceptors (Lipinski definition) is 7. The van der Waals surface area contributed by atoms with Gasteiger partial charge in [0, 0.05) is 16.7 Å². The van der Waals surface area contributed by atoms with Gasteiger partial charge >= 0.3 is 0 Å². The molecule has 1 atom stereocenters. The number of nitrogens with zero attached hydrogens (tertiary/aromatic N) is 3. The minimum Gasteiger partial charge on any atom is -0.508 e. The second kappa shape index (κ2) is 13.2. The van der Waals surface area contributed by atoms with E-state index in [9.17, 15) is 19.5 Å². The maximum Gasteiger partial charge on any atom is 0.280 e. The van der Waals surface area contributed by atoms with Gasteiger partial charge in [0.05, 0.1) is 28.6 Å². The summed E-state index contributed by atoms with van der Waals surface area (Å²) < 4.78 is 7.02. The van der Waals surface area contributed by atoms with Crippen LogP contribution in [0.15, 0.2) is 131 Å².